The number of pyridine rings is 1. The Kier molecular flexibility index (Phi) is 7.17. The SMILES string of the molecule is COc1ccc(CN2CCCC(C(NC(=O)c3ccccc3C)c3ccccn3)C2)cc1. The molecular formula is C27H31N3O2. The van der Waals surface area contributed by atoms with Crippen molar-refractivity contribution in [3.8, 4) is 5.75 Å². The summed E-state index contributed by atoms with van der Waals surface area (Å²) < 4.78 is 5.28. The molecule has 1 aliphatic heterocycles. The lowest BCUT2D eigenvalue weighted by molar-refractivity contribution is 0.0874. The van der Waals surface area contributed by atoms with Crippen molar-refractivity contribution < 1.29 is 9.53 Å². The van der Waals surface area contributed by atoms with Crippen molar-refractivity contribution in [3.05, 3.63) is 95.3 Å². The minimum absolute atomic E-state index is 0.0361. The van der Waals surface area contributed by atoms with E-state index in [1.165, 1.54) is 5.56 Å². The van der Waals surface area contributed by atoms with Crippen molar-refractivity contribution in [1.82, 2.24) is 15.2 Å². The van der Waals surface area contributed by atoms with Crippen LogP contribution in [0.15, 0.2) is 72.9 Å². The standard InChI is InChI=1S/C27H31N3O2/c1-20-8-3-4-10-24(20)27(31)29-26(25-11-5-6-16-28-25)22-9-7-17-30(19-22)18-21-12-14-23(32-2)15-13-21/h3-6,8,10-16,22,26H,7,9,17-19H2,1-2H3,(H,29,31). The summed E-state index contributed by atoms with van der Waals surface area (Å²) in [7, 11) is 1.69. The smallest absolute Gasteiger partial charge is 0.252 e. The number of methoxy groups -OCH3 is 1. The summed E-state index contributed by atoms with van der Waals surface area (Å²) in [5, 5.41) is 3.32. The van der Waals surface area contributed by atoms with Crippen LogP contribution in [0, 0.1) is 12.8 Å². The summed E-state index contributed by atoms with van der Waals surface area (Å²) in [6.07, 6.45) is 3.97. The van der Waals surface area contributed by atoms with Gasteiger partial charge in [-0.2, -0.15) is 0 Å². The van der Waals surface area contributed by atoms with Crippen molar-refractivity contribution in [3.63, 3.8) is 0 Å². The van der Waals surface area contributed by atoms with E-state index in [9.17, 15) is 4.79 Å². The topological polar surface area (TPSA) is 54.5 Å². The summed E-state index contributed by atoms with van der Waals surface area (Å²) in [5.74, 6) is 1.13. The molecule has 0 saturated carbocycles. The molecule has 1 N–H and O–H groups in total. The molecule has 5 nitrogen and oxygen atoms in total. The van der Waals surface area contributed by atoms with E-state index in [-0.39, 0.29) is 11.9 Å². The predicted molar refractivity (Wildman–Crippen MR) is 127 cm³/mol. The molecule has 32 heavy (non-hydrogen) atoms. The van der Waals surface area contributed by atoms with Crippen molar-refractivity contribution in [2.24, 2.45) is 5.92 Å². The van der Waals surface area contributed by atoms with Crippen molar-refractivity contribution in [2.45, 2.75) is 32.4 Å². The molecule has 0 aliphatic carbocycles. The van der Waals surface area contributed by atoms with Gasteiger partial charge >= 0.3 is 0 Å². The van der Waals surface area contributed by atoms with Crippen molar-refractivity contribution in [1.29, 1.82) is 0 Å². The van der Waals surface area contributed by atoms with E-state index >= 15 is 0 Å². The number of benzene rings is 2. The predicted octanol–water partition coefficient (Wildman–Crippen LogP) is 4.78. The molecule has 2 unspecified atom stereocenters. The van der Waals surface area contributed by atoms with Crippen LogP contribution in [-0.4, -0.2) is 36.0 Å². The van der Waals surface area contributed by atoms with Gasteiger partial charge in [-0.05, 0) is 73.7 Å². The van der Waals surface area contributed by atoms with Crippen molar-refractivity contribution in [2.75, 3.05) is 20.2 Å². The first-order valence-electron chi connectivity index (χ1n) is 11.3. The normalized spacial score (nSPS) is 17.5. The number of carbonyl (C=O) groups is 1. The van der Waals surface area contributed by atoms with Gasteiger partial charge in [-0.1, -0.05) is 36.4 Å². The quantitative estimate of drug-likeness (QED) is 0.587. The molecule has 2 atom stereocenters. The van der Waals surface area contributed by atoms with E-state index < -0.39 is 0 Å². The number of piperidine rings is 1. The molecule has 1 aromatic heterocycles. The molecule has 0 bridgehead atoms. The van der Waals surface area contributed by atoms with Gasteiger partial charge in [0.2, 0.25) is 0 Å². The van der Waals surface area contributed by atoms with Crippen LogP contribution in [-0.2, 0) is 6.54 Å². The Balaban J connectivity index is 1.51. The maximum Gasteiger partial charge on any atom is 0.252 e. The number of aryl methyl sites for hydroxylation is 1. The first-order chi connectivity index (χ1) is 15.6. The van der Waals surface area contributed by atoms with E-state index in [0.717, 1.165) is 55.0 Å². The largest absolute Gasteiger partial charge is 0.497 e. The van der Waals surface area contributed by atoms with Gasteiger partial charge in [0, 0.05) is 24.8 Å². The van der Waals surface area contributed by atoms with Crippen LogP contribution in [0.5, 0.6) is 5.75 Å². The molecule has 0 spiro atoms. The monoisotopic (exact) mass is 429 g/mol. The Labute approximate surface area is 190 Å². The minimum atomic E-state index is -0.123. The number of aromatic nitrogens is 1. The molecule has 3 aromatic rings. The van der Waals surface area contributed by atoms with E-state index in [1.807, 2.05) is 61.5 Å². The van der Waals surface area contributed by atoms with Gasteiger partial charge in [-0.25, -0.2) is 0 Å². The number of carbonyl (C=O) groups excluding carboxylic acids is 1. The van der Waals surface area contributed by atoms with E-state index in [2.05, 4.69) is 27.3 Å². The summed E-state index contributed by atoms with van der Waals surface area (Å²) in [4.78, 5) is 20.2. The first kappa shape index (κ1) is 22.0. The van der Waals surface area contributed by atoms with Crippen LogP contribution in [0.4, 0.5) is 0 Å². The molecule has 1 aliphatic rings. The van der Waals surface area contributed by atoms with Gasteiger partial charge in [-0.3, -0.25) is 14.7 Å². The highest BCUT2D eigenvalue weighted by atomic mass is 16.5. The summed E-state index contributed by atoms with van der Waals surface area (Å²) in [5.41, 5.74) is 3.89. The van der Waals surface area contributed by atoms with Gasteiger partial charge in [0.1, 0.15) is 5.75 Å². The molecular weight excluding hydrogens is 398 g/mol. The van der Waals surface area contributed by atoms with Crippen LogP contribution in [0.1, 0.15) is 46.1 Å². The molecule has 2 heterocycles. The highest BCUT2D eigenvalue weighted by molar-refractivity contribution is 5.95. The number of amides is 1. The third-order valence-electron chi connectivity index (χ3n) is 6.26. The number of hydrogen-bond acceptors (Lipinski definition) is 4. The molecule has 5 heteroatoms. The fraction of sp³-hybridized carbons (Fsp3) is 0.333. The zero-order valence-corrected chi connectivity index (χ0v) is 18.8. The lowest BCUT2D eigenvalue weighted by Gasteiger charge is -2.37. The van der Waals surface area contributed by atoms with E-state index in [1.54, 1.807) is 13.3 Å². The fourth-order valence-corrected chi connectivity index (χ4v) is 4.54. The van der Waals surface area contributed by atoms with Crippen LogP contribution < -0.4 is 10.1 Å². The minimum Gasteiger partial charge on any atom is -0.497 e. The third kappa shape index (κ3) is 5.35. The second kappa shape index (κ2) is 10.4. The average Bonchev–Trinajstić information content (AvgIpc) is 2.84. The highest BCUT2D eigenvalue weighted by Gasteiger charge is 2.31. The maximum atomic E-state index is 13.2. The zero-order chi connectivity index (χ0) is 22.3. The van der Waals surface area contributed by atoms with Crippen LogP contribution in [0.25, 0.3) is 0 Å². The van der Waals surface area contributed by atoms with Crippen molar-refractivity contribution >= 4 is 5.91 Å². The number of hydrogen-bond donors (Lipinski definition) is 1. The third-order valence-corrected chi connectivity index (χ3v) is 6.26. The van der Waals surface area contributed by atoms with Gasteiger partial charge in [-0.15, -0.1) is 0 Å². The molecule has 4 rings (SSSR count). The molecule has 0 radical (unpaired) electrons. The Morgan fingerprint density at radius 1 is 1.12 bits per heavy atom. The first-order valence-corrected chi connectivity index (χ1v) is 11.3. The lowest BCUT2D eigenvalue weighted by atomic mass is 9.88. The number of ether oxygens (including phenoxy) is 1. The Bertz CT molecular complexity index is 1020. The lowest BCUT2D eigenvalue weighted by Crippen LogP contribution is -2.43. The summed E-state index contributed by atoms with van der Waals surface area (Å²) in [6.45, 7) is 4.84. The molecule has 1 saturated heterocycles. The summed E-state index contributed by atoms with van der Waals surface area (Å²) in [6, 6.07) is 21.8. The molecule has 2 aromatic carbocycles. The Hall–Kier alpha value is -3.18. The Morgan fingerprint density at radius 3 is 2.62 bits per heavy atom. The highest BCUT2D eigenvalue weighted by Crippen LogP contribution is 2.30. The Morgan fingerprint density at radius 2 is 1.91 bits per heavy atom. The number of nitrogens with zero attached hydrogens (tertiary/aromatic N) is 2. The molecule has 166 valence electrons. The fourth-order valence-electron chi connectivity index (χ4n) is 4.54. The van der Waals surface area contributed by atoms with Crippen LogP contribution in [0.3, 0.4) is 0 Å². The average molecular weight is 430 g/mol. The summed E-state index contributed by atoms with van der Waals surface area (Å²) >= 11 is 0. The number of likely N-dealkylation sites (tertiary alicyclic amines) is 1. The molecule has 1 amide bonds. The molecule has 1 fully saturated rings. The van der Waals surface area contributed by atoms with Crippen LogP contribution >= 0.6 is 0 Å². The van der Waals surface area contributed by atoms with Gasteiger partial charge in [0.15, 0.2) is 0 Å². The second-order valence-corrected chi connectivity index (χ2v) is 8.51. The maximum absolute atomic E-state index is 13.2. The van der Waals surface area contributed by atoms with Gasteiger partial charge in [0.25, 0.3) is 5.91 Å². The van der Waals surface area contributed by atoms with E-state index in [4.69, 9.17) is 4.74 Å². The number of nitrogens with one attached hydrogen (secondary N) is 1. The van der Waals surface area contributed by atoms with E-state index in [0.29, 0.717) is 5.92 Å². The van der Waals surface area contributed by atoms with Gasteiger partial charge < -0.3 is 10.1 Å². The van der Waals surface area contributed by atoms with Gasteiger partial charge in [0.05, 0.1) is 18.8 Å². The second-order valence-electron chi connectivity index (χ2n) is 8.51. The zero-order valence-electron chi connectivity index (χ0n) is 18.8. The number of rotatable bonds is 7. The van der Waals surface area contributed by atoms with Crippen LogP contribution in [0.2, 0.25) is 0 Å².